The number of ether oxygens (including phenoxy) is 1. The summed E-state index contributed by atoms with van der Waals surface area (Å²) in [6.45, 7) is 0.194. The van der Waals surface area contributed by atoms with E-state index < -0.39 is 23.8 Å². The number of pyridine rings is 1. The van der Waals surface area contributed by atoms with E-state index in [0.29, 0.717) is 16.8 Å². The highest BCUT2D eigenvalue weighted by molar-refractivity contribution is 6.21. The number of methoxy groups -OCH3 is 1. The number of carbonyl (C=O) groups is 4. The van der Waals surface area contributed by atoms with Gasteiger partial charge in [-0.05, 0) is 24.6 Å². The molecule has 2 N–H and O–H groups in total. The highest BCUT2D eigenvalue weighted by Gasteiger charge is 2.44. The van der Waals surface area contributed by atoms with Crippen LogP contribution < -0.4 is 10.6 Å². The van der Waals surface area contributed by atoms with Crippen LogP contribution in [-0.4, -0.2) is 46.7 Å². The topological polar surface area (TPSA) is 123 Å². The Morgan fingerprint density at radius 3 is 2.76 bits per heavy atom. The SMILES string of the molecule is COC(=O)c1cnccc1N1C(=O)CCC(N2Cc3c(N)cccc3C2=O)C1=O. The Morgan fingerprint density at radius 1 is 1.24 bits per heavy atom. The Balaban J connectivity index is 1.69. The summed E-state index contributed by atoms with van der Waals surface area (Å²) in [6, 6.07) is 5.62. The minimum absolute atomic E-state index is 0.00220. The lowest BCUT2D eigenvalue weighted by Gasteiger charge is -2.35. The third kappa shape index (κ3) is 2.91. The van der Waals surface area contributed by atoms with Gasteiger partial charge < -0.3 is 15.4 Å². The molecule has 0 spiro atoms. The molecule has 3 heterocycles. The number of hydrogen-bond acceptors (Lipinski definition) is 7. The zero-order valence-corrected chi connectivity index (χ0v) is 15.6. The molecule has 9 nitrogen and oxygen atoms in total. The second-order valence-electron chi connectivity index (χ2n) is 6.81. The van der Waals surface area contributed by atoms with Crippen LogP contribution in [0.25, 0.3) is 0 Å². The van der Waals surface area contributed by atoms with Gasteiger partial charge >= 0.3 is 5.97 Å². The van der Waals surface area contributed by atoms with E-state index in [2.05, 4.69) is 4.98 Å². The highest BCUT2D eigenvalue weighted by Crippen LogP contribution is 2.34. The fourth-order valence-electron chi connectivity index (χ4n) is 3.79. The Bertz CT molecular complexity index is 1050. The van der Waals surface area contributed by atoms with Crippen LogP contribution in [0.5, 0.6) is 0 Å². The van der Waals surface area contributed by atoms with E-state index in [9.17, 15) is 19.2 Å². The van der Waals surface area contributed by atoms with E-state index in [0.717, 1.165) is 4.90 Å². The normalized spacial score (nSPS) is 18.8. The summed E-state index contributed by atoms with van der Waals surface area (Å²) in [5.41, 5.74) is 7.69. The van der Waals surface area contributed by atoms with Gasteiger partial charge in [-0.25, -0.2) is 9.69 Å². The third-order valence-electron chi connectivity index (χ3n) is 5.24. The van der Waals surface area contributed by atoms with E-state index >= 15 is 0 Å². The van der Waals surface area contributed by atoms with Crippen LogP contribution in [0.1, 0.15) is 39.1 Å². The smallest absolute Gasteiger partial charge is 0.341 e. The molecular weight excluding hydrogens is 376 g/mol. The number of nitrogen functional groups attached to an aromatic ring is 1. The largest absolute Gasteiger partial charge is 0.465 e. The van der Waals surface area contributed by atoms with Crippen LogP contribution in [0.15, 0.2) is 36.7 Å². The molecule has 1 fully saturated rings. The molecule has 2 aromatic rings. The van der Waals surface area contributed by atoms with E-state index in [1.807, 2.05) is 0 Å². The summed E-state index contributed by atoms with van der Waals surface area (Å²) >= 11 is 0. The maximum Gasteiger partial charge on any atom is 0.341 e. The fraction of sp³-hybridized carbons (Fsp3) is 0.250. The van der Waals surface area contributed by atoms with Crippen LogP contribution in [0, 0.1) is 0 Å². The van der Waals surface area contributed by atoms with Gasteiger partial charge in [0.15, 0.2) is 0 Å². The van der Waals surface area contributed by atoms with E-state index in [-0.39, 0.29) is 36.5 Å². The molecule has 3 amide bonds. The van der Waals surface area contributed by atoms with Gasteiger partial charge in [0.25, 0.3) is 11.8 Å². The van der Waals surface area contributed by atoms with Crippen molar-refractivity contribution in [3.8, 4) is 0 Å². The van der Waals surface area contributed by atoms with E-state index in [1.54, 1.807) is 18.2 Å². The molecule has 1 saturated heterocycles. The molecule has 1 aromatic carbocycles. The lowest BCUT2D eigenvalue weighted by molar-refractivity contribution is -0.132. The molecular formula is C20H18N4O5. The van der Waals surface area contributed by atoms with Gasteiger partial charge in [0.1, 0.15) is 11.6 Å². The first-order valence-corrected chi connectivity index (χ1v) is 9.01. The van der Waals surface area contributed by atoms with Crippen LogP contribution in [0.3, 0.4) is 0 Å². The average molecular weight is 394 g/mol. The molecule has 9 heteroatoms. The lowest BCUT2D eigenvalue weighted by atomic mass is 10.0. The first-order chi connectivity index (χ1) is 13.9. The van der Waals surface area contributed by atoms with Crippen LogP contribution >= 0.6 is 0 Å². The molecule has 1 atom stereocenters. The van der Waals surface area contributed by atoms with Crippen molar-refractivity contribution >= 4 is 35.1 Å². The fourth-order valence-corrected chi connectivity index (χ4v) is 3.79. The number of aromatic nitrogens is 1. The highest BCUT2D eigenvalue weighted by atomic mass is 16.5. The summed E-state index contributed by atoms with van der Waals surface area (Å²) in [4.78, 5) is 57.1. The second-order valence-corrected chi connectivity index (χ2v) is 6.81. The molecule has 29 heavy (non-hydrogen) atoms. The van der Waals surface area contributed by atoms with Crippen molar-refractivity contribution in [3.63, 3.8) is 0 Å². The summed E-state index contributed by atoms with van der Waals surface area (Å²) in [5, 5.41) is 0. The Morgan fingerprint density at radius 2 is 2.03 bits per heavy atom. The first-order valence-electron chi connectivity index (χ1n) is 9.01. The molecule has 0 saturated carbocycles. The zero-order valence-electron chi connectivity index (χ0n) is 15.6. The molecule has 2 aliphatic rings. The molecule has 2 aliphatic heterocycles. The molecule has 4 rings (SSSR count). The van der Waals surface area contributed by atoms with Crippen LogP contribution in [0.2, 0.25) is 0 Å². The van der Waals surface area contributed by atoms with Crippen molar-refractivity contribution in [2.24, 2.45) is 0 Å². The van der Waals surface area contributed by atoms with Crippen molar-refractivity contribution in [2.45, 2.75) is 25.4 Å². The van der Waals surface area contributed by atoms with E-state index in [1.165, 1.54) is 30.5 Å². The third-order valence-corrected chi connectivity index (χ3v) is 5.24. The maximum atomic E-state index is 13.3. The van der Waals surface area contributed by atoms with Crippen molar-refractivity contribution in [3.05, 3.63) is 53.3 Å². The van der Waals surface area contributed by atoms with E-state index in [4.69, 9.17) is 10.5 Å². The lowest BCUT2D eigenvalue weighted by Crippen LogP contribution is -2.55. The number of nitrogens with two attached hydrogens (primary N) is 1. The number of imide groups is 1. The Kier molecular flexibility index (Phi) is 4.50. The predicted molar refractivity (Wildman–Crippen MR) is 102 cm³/mol. The second kappa shape index (κ2) is 7.01. The number of esters is 1. The van der Waals surface area contributed by atoms with Gasteiger partial charge in [0.2, 0.25) is 5.91 Å². The number of carbonyl (C=O) groups excluding carboxylic acids is 4. The molecule has 0 aliphatic carbocycles. The summed E-state index contributed by atoms with van der Waals surface area (Å²) in [5.74, 6) is -2.04. The van der Waals surface area contributed by atoms with Crippen molar-refractivity contribution < 1.29 is 23.9 Å². The molecule has 0 radical (unpaired) electrons. The molecule has 148 valence electrons. The quantitative estimate of drug-likeness (QED) is 0.470. The standard InChI is InChI=1S/C20H18N4O5/c1-29-20(28)12-9-22-8-7-15(12)24-17(25)6-5-16(19(24)27)23-10-13-11(18(23)26)3-2-4-14(13)21/h2-4,7-9,16H,5-6,10,21H2,1H3. The van der Waals surface area contributed by atoms with Gasteiger partial charge in [0.05, 0.1) is 12.8 Å². The maximum absolute atomic E-state index is 13.3. The number of hydrogen-bond donors (Lipinski definition) is 1. The zero-order chi connectivity index (χ0) is 20.7. The number of anilines is 2. The van der Waals surface area contributed by atoms with Crippen molar-refractivity contribution in [1.82, 2.24) is 9.88 Å². The first kappa shape index (κ1) is 18.6. The van der Waals surface area contributed by atoms with Crippen LogP contribution in [-0.2, 0) is 20.9 Å². The Hall–Kier alpha value is -3.75. The van der Waals surface area contributed by atoms with Gasteiger partial charge in [-0.2, -0.15) is 0 Å². The number of amides is 3. The number of piperidine rings is 1. The van der Waals surface area contributed by atoms with Crippen LogP contribution in [0.4, 0.5) is 11.4 Å². The monoisotopic (exact) mass is 394 g/mol. The minimum Gasteiger partial charge on any atom is -0.465 e. The summed E-state index contributed by atoms with van der Waals surface area (Å²) < 4.78 is 4.73. The van der Waals surface area contributed by atoms with Gasteiger partial charge in [-0.1, -0.05) is 6.07 Å². The van der Waals surface area contributed by atoms with Crippen molar-refractivity contribution in [1.29, 1.82) is 0 Å². The van der Waals surface area contributed by atoms with Gasteiger partial charge in [0, 0.05) is 42.2 Å². The van der Waals surface area contributed by atoms with Gasteiger partial charge in [-0.15, -0.1) is 0 Å². The summed E-state index contributed by atoms with van der Waals surface area (Å²) in [6.07, 6.45) is 2.87. The average Bonchev–Trinajstić information content (AvgIpc) is 3.06. The summed E-state index contributed by atoms with van der Waals surface area (Å²) in [7, 11) is 1.20. The minimum atomic E-state index is -0.842. The Labute approximate surface area is 166 Å². The molecule has 1 aromatic heterocycles. The number of nitrogens with zero attached hydrogens (tertiary/aromatic N) is 3. The number of rotatable bonds is 3. The predicted octanol–water partition coefficient (Wildman–Crippen LogP) is 1.13. The van der Waals surface area contributed by atoms with Gasteiger partial charge in [-0.3, -0.25) is 19.4 Å². The number of fused-ring (bicyclic) bond motifs is 1. The number of benzene rings is 1. The van der Waals surface area contributed by atoms with Crippen molar-refractivity contribution in [2.75, 3.05) is 17.7 Å². The molecule has 0 bridgehead atoms. The molecule has 1 unspecified atom stereocenters.